The lowest BCUT2D eigenvalue weighted by Gasteiger charge is -2.31. The monoisotopic (exact) mass is 235 g/mol. The second-order valence-electron chi connectivity index (χ2n) is 4.41. The first-order valence-corrected chi connectivity index (χ1v) is 5.93. The molecule has 17 heavy (non-hydrogen) atoms. The van der Waals surface area contributed by atoms with Crippen LogP contribution in [0, 0.1) is 5.92 Å². The fourth-order valence-electron chi connectivity index (χ4n) is 2.20. The predicted molar refractivity (Wildman–Crippen MR) is 62.5 cm³/mol. The molecule has 1 aromatic heterocycles. The molecular weight excluding hydrogens is 218 g/mol. The van der Waals surface area contributed by atoms with Gasteiger partial charge in [-0.05, 0) is 12.5 Å². The number of hydrogen-bond donors (Lipinski definition) is 0. The van der Waals surface area contributed by atoms with Crippen LogP contribution in [0.3, 0.4) is 0 Å². The minimum atomic E-state index is -0.0315. The molecule has 0 spiro atoms. The molecule has 5 heteroatoms. The number of carbonyl (C=O) groups excluding carboxylic acids is 2. The molecule has 0 aromatic carbocycles. The zero-order valence-electron chi connectivity index (χ0n) is 10.2. The maximum Gasteiger partial charge on any atom is 0.272 e. The van der Waals surface area contributed by atoms with E-state index in [0.717, 1.165) is 6.42 Å². The summed E-state index contributed by atoms with van der Waals surface area (Å²) >= 11 is 0. The first kappa shape index (κ1) is 11.8. The Kier molecular flexibility index (Phi) is 3.26. The van der Waals surface area contributed by atoms with Gasteiger partial charge in [-0.25, -0.2) is 0 Å². The number of aromatic nitrogens is 2. The van der Waals surface area contributed by atoms with Gasteiger partial charge >= 0.3 is 0 Å². The Bertz CT molecular complexity index is 439. The van der Waals surface area contributed by atoms with Crippen molar-refractivity contribution in [2.24, 2.45) is 13.0 Å². The Labute approximate surface area is 100 Å². The third-order valence-electron chi connectivity index (χ3n) is 3.34. The highest BCUT2D eigenvalue weighted by Crippen LogP contribution is 2.17. The molecule has 1 amide bonds. The number of amides is 1. The average Bonchev–Trinajstić information content (AvgIpc) is 2.75. The Morgan fingerprint density at radius 2 is 2.35 bits per heavy atom. The maximum absolute atomic E-state index is 12.2. The smallest absolute Gasteiger partial charge is 0.272 e. The van der Waals surface area contributed by atoms with Crippen LogP contribution in [-0.2, 0) is 11.8 Å². The molecule has 0 radical (unpaired) electrons. The van der Waals surface area contributed by atoms with Gasteiger partial charge in [-0.15, -0.1) is 0 Å². The third kappa shape index (κ3) is 2.23. The van der Waals surface area contributed by atoms with Crippen LogP contribution < -0.4 is 0 Å². The topological polar surface area (TPSA) is 55.2 Å². The zero-order chi connectivity index (χ0) is 12.4. The molecule has 1 aliphatic rings. The summed E-state index contributed by atoms with van der Waals surface area (Å²) in [5, 5.41) is 3.99. The SMILES string of the molecule is CCC1CN(C(=O)c2ccnn2C)CCC1=O. The molecule has 92 valence electrons. The third-order valence-corrected chi connectivity index (χ3v) is 3.34. The van der Waals surface area contributed by atoms with Crippen LogP contribution in [0.25, 0.3) is 0 Å². The number of ketones is 1. The summed E-state index contributed by atoms with van der Waals surface area (Å²) in [5.74, 6) is 0.249. The van der Waals surface area contributed by atoms with Crippen LogP contribution in [0.1, 0.15) is 30.3 Å². The van der Waals surface area contributed by atoms with E-state index in [4.69, 9.17) is 0 Å². The Morgan fingerprint density at radius 1 is 1.59 bits per heavy atom. The van der Waals surface area contributed by atoms with Crippen molar-refractivity contribution in [2.45, 2.75) is 19.8 Å². The fourth-order valence-corrected chi connectivity index (χ4v) is 2.20. The number of carbonyl (C=O) groups is 2. The molecule has 0 bridgehead atoms. The second-order valence-corrected chi connectivity index (χ2v) is 4.41. The zero-order valence-corrected chi connectivity index (χ0v) is 10.2. The average molecular weight is 235 g/mol. The number of nitrogens with zero attached hydrogens (tertiary/aromatic N) is 3. The van der Waals surface area contributed by atoms with E-state index in [-0.39, 0.29) is 17.6 Å². The van der Waals surface area contributed by atoms with E-state index in [1.807, 2.05) is 6.92 Å². The molecule has 2 heterocycles. The Hall–Kier alpha value is -1.65. The van der Waals surface area contributed by atoms with Crippen molar-refractivity contribution in [2.75, 3.05) is 13.1 Å². The molecule has 1 fully saturated rings. The normalized spacial score (nSPS) is 20.7. The molecule has 5 nitrogen and oxygen atoms in total. The lowest BCUT2D eigenvalue weighted by Crippen LogP contribution is -2.44. The van der Waals surface area contributed by atoms with Crippen molar-refractivity contribution >= 4 is 11.7 Å². The van der Waals surface area contributed by atoms with Gasteiger partial charge in [0.1, 0.15) is 11.5 Å². The second kappa shape index (κ2) is 4.69. The standard InChI is InChI=1S/C12H17N3O2/c1-3-9-8-15(7-5-11(9)16)12(17)10-4-6-13-14(10)2/h4,6,9H,3,5,7-8H2,1-2H3. The van der Waals surface area contributed by atoms with Crippen molar-refractivity contribution in [3.8, 4) is 0 Å². The van der Waals surface area contributed by atoms with Crippen molar-refractivity contribution < 1.29 is 9.59 Å². The van der Waals surface area contributed by atoms with Crippen molar-refractivity contribution in [1.82, 2.24) is 14.7 Å². The number of Topliss-reactive ketones (excluding diaryl/α,β-unsaturated/α-hetero) is 1. The molecule has 1 atom stereocenters. The fraction of sp³-hybridized carbons (Fsp3) is 0.583. The van der Waals surface area contributed by atoms with Crippen LogP contribution in [0.2, 0.25) is 0 Å². The molecule has 0 aliphatic carbocycles. The van der Waals surface area contributed by atoms with E-state index in [1.54, 1.807) is 28.9 Å². The Balaban J connectivity index is 2.11. The summed E-state index contributed by atoms with van der Waals surface area (Å²) in [5.41, 5.74) is 0.578. The highest BCUT2D eigenvalue weighted by atomic mass is 16.2. The minimum Gasteiger partial charge on any atom is -0.336 e. The van der Waals surface area contributed by atoms with Gasteiger partial charge in [0.05, 0.1) is 0 Å². The molecule has 0 N–H and O–H groups in total. The number of rotatable bonds is 2. The first-order valence-electron chi connectivity index (χ1n) is 5.93. The van der Waals surface area contributed by atoms with Gasteiger partial charge in [0.25, 0.3) is 5.91 Å². The molecule has 1 aliphatic heterocycles. The summed E-state index contributed by atoms with van der Waals surface area (Å²) in [4.78, 5) is 25.6. The summed E-state index contributed by atoms with van der Waals surface area (Å²) in [6.45, 7) is 3.05. The summed E-state index contributed by atoms with van der Waals surface area (Å²) < 4.78 is 1.57. The van der Waals surface area contributed by atoms with Gasteiger partial charge in [0, 0.05) is 38.7 Å². The lowest BCUT2D eigenvalue weighted by atomic mass is 9.94. The molecular formula is C12H17N3O2. The van der Waals surface area contributed by atoms with Gasteiger partial charge in [0.2, 0.25) is 0 Å². The summed E-state index contributed by atoms with van der Waals surface area (Å²) in [7, 11) is 1.75. The number of hydrogen-bond acceptors (Lipinski definition) is 3. The van der Waals surface area contributed by atoms with E-state index >= 15 is 0 Å². The number of aryl methyl sites for hydroxylation is 1. The molecule has 1 saturated heterocycles. The van der Waals surface area contributed by atoms with Gasteiger partial charge in [-0.1, -0.05) is 6.92 Å². The van der Waals surface area contributed by atoms with E-state index in [1.165, 1.54) is 0 Å². The highest BCUT2D eigenvalue weighted by molar-refractivity contribution is 5.94. The van der Waals surface area contributed by atoms with E-state index in [2.05, 4.69) is 5.10 Å². The molecule has 1 unspecified atom stereocenters. The molecule has 2 rings (SSSR count). The maximum atomic E-state index is 12.2. The predicted octanol–water partition coefficient (Wildman–Crippen LogP) is 0.861. The largest absolute Gasteiger partial charge is 0.336 e. The van der Waals surface area contributed by atoms with Crippen LogP contribution >= 0.6 is 0 Å². The first-order chi connectivity index (χ1) is 8.13. The quantitative estimate of drug-likeness (QED) is 0.764. The molecule has 1 aromatic rings. The van der Waals surface area contributed by atoms with Crippen LogP contribution in [0.4, 0.5) is 0 Å². The van der Waals surface area contributed by atoms with Crippen LogP contribution in [0.15, 0.2) is 12.3 Å². The van der Waals surface area contributed by atoms with Gasteiger partial charge in [0.15, 0.2) is 0 Å². The van der Waals surface area contributed by atoms with Gasteiger partial charge in [-0.2, -0.15) is 5.10 Å². The van der Waals surface area contributed by atoms with E-state index in [9.17, 15) is 9.59 Å². The lowest BCUT2D eigenvalue weighted by molar-refractivity contribution is -0.125. The summed E-state index contributed by atoms with van der Waals surface area (Å²) in [6.07, 6.45) is 2.88. The minimum absolute atomic E-state index is 0.000859. The van der Waals surface area contributed by atoms with Crippen molar-refractivity contribution in [1.29, 1.82) is 0 Å². The van der Waals surface area contributed by atoms with Gasteiger partial charge in [-0.3, -0.25) is 14.3 Å². The van der Waals surface area contributed by atoms with Gasteiger partial charge < -0.3 is 4.90 Å². The van der Waals surface area contributed by atoms with Crippen molar-refractivity contribution in [3.05, 3.63) is 18.0 Å². The number of piperidine rings is 1. The van der Waals surface area contributed by atoms with E-state index in [0.29, 0.717) is 25.2 Å². The highest BCUT2D eigenvalue weighted by Gasteiger charge is 2.29. The summed E-state index contributed by atoms with van der Waals surface area (Å²) in [6, 6.07) is 1.71. The van der Waals surface area contributed by atoms with Crippen LogP contribution in [-0.4, -0.2) is 39.5 Å². The van der Waals surface area contributed by atoms with Crippen molar-refractivity contribution in [3.63, 3.8) is 0 Å². The molecule has 0 saturated carbocycles. The van der Waals surface area contributed by atoms with Crippen LogP contribution in [0.5, 0.6) is 0 Å². The van der Waals surface area contributed by atoms with E-state index < -0.39 is 0 Å². The number of likely N-dealkylation sites (tertiary alicyclic amines) is 1. The Morgan fingerprint density at radius 3 is 2.94 bits per heavy atom.